The molecule has 0 aliphatic rings. The first-order valence-corrected chi connectivity index (χ1v) is 11.8. The molecule has 7 nitrogen and oxygen atoms in total. The summed E-state index contributed by atoms with van der Waals surface area (Å²) >= 11 is 13.3. The third-order valence-corrected chi connectivity index (χ3v) is 5.38. The highest BCUT2D eigenvalue weighted by Crippen LogP contribution is 2.23. The molecule has 10 heteroatoms. The van der Waals surface area contributed by atoms with Gasteiger partial charge in [-0.3, -0.25) is 14.4 Å². The van der Waals surface area contributed by atoms with Crippen LogP contribution in [0.25, 0.3) is 0 Å². The maximum Gasteiger partial charge on any atom is 0.255 e. The van der Waals surface area contributed by atoms with Crippen LogP contribution in [0.5, 0.6) is 0 Å². The van der Waals surface area contributed by atoms with Crippen molar-refractivity contribution in [3.63, 3.8) is 0 Å². The third-order valence-electron chi connectivity index (χ3n) is 4.02. The van der Waals surface area contributed by atoms with Crippen LogP contribution in [0.15, 0.2) is 23.6 Å². The Kier molecular flexibility index (Phi) is 9.07. The van der Waals surface area contributed by atoms with Gasteiger partial charge in [0.15, 0.2) is 5.13 Å². The molecule has 0 atom stereocenters. The summed E-state index contributed by atoms with van der Waals surface area (Å²) in [5.74, 6) is -0.738. The zero-order chi connectivity index (χ0) is 24.1. The van der Waals surface area contributed by atoms with E-state index in [1.165, 1.54) is 22.3 Å². The second-order valence-electron chi connectivity index (χ2n) is 8.87. The molecule has 0 unspecified atom stereocenters. The van der Waals surface area contributed by atoms with Crippen LogP contribution in [0.2, 0.25) is 10.0 Å². The van der Waals surface area contributed by atoms with E-state index in [-0.39, 0.29) is 52.7 Å². The van der Waals surface area contributed by atoms with Crippen molar-refractivity contribution < 1.29 is 14.4 Å². The molecular weight excluding hydrogens is 471 g/mol. The molecule has 0 saturated carbocycles. The van der Waals surface area contributed by atoms with Gasteiger partial charge >= 0.3 is 0 Å². The van der Waals surface area contributed by atoms with Crippen LogP contribution in [0, 0.1) is 5.92 Å². The average molecular weight is 499 g/mol. The van der Waals surface area contributed by atoms with Gasteiger partial charge in [0.25, 0.3) is 5.91 Å². The number of hydrogen-bond acceptors (Lipinski definition) is 5. The van der Waals surface area contributed by atoms with Crippen molar-refractivity contribution >= 4 is 57.4 Å². The largest absolute Gasteiger partial charge is 0.351 e. The number of halogens is 2. The lowest BCUT2D eigenvalue weighted by atomic mass is 10.1. The topological polar surface area (TPSA) is 91.4 Å². The lowest BCUT2D eigenvalue weighted by Crippen LogP contribution is -2.41. The van der Waals surface area contributed by atoms with E-state index in [4.69, 9.17) is 23.2 Å². The van der Waals surface area contributed by atoms with Gasteiger partial charge in [0.1, 0.15) is 6.54 Å². The number of nitrogens with zero attached hydrogens (tertiary/aromatic N) is 2. The number of carbonyl (C=O) groups excluding carboxylic acids is 3. The molecule has 3 amide bonds. The van der Waals surface area contributed by atoms with Crippen molar-refractivity contribution in [3.05, 3.63) is 44.9 Å². The number of nitrogens with one attached hydrogen (secondary N) is 2. The van der Waals surface area contributed by atoms with Gasteiger partial charge in [0, 0.05) is 22.5 Å². The van der Waals surface area contributed by atoms with E-state index in [2.05, 4.69) is 15.6 Å². The third kappa shape index (κ3) is 8.41. The predicted molar refractivity (Wildman–Crippen MR) is 130 cm³/mol. The highest BCUT2D eigenvalue weighted by atomic mass is 35.5. The quantitative estimate of drug-likeness (QED) is 0.554. The van der Waals surface area contributed by atoms with E-state index >= 15 is 0 Å². The minimum atomic E-state index is -0.385. The minimum absolute atomic E-state index is 0.122. The van der Waals surface area contributed by atoms with E-state index in [0.29, 0.717) is 22.4 Å². The molecule has 174 valence electrons. The van der Waals surface area contributed by atoms with Crippen molar-refractivity contribution in [1.82, 2.24) is 15.2 Å². The molecule has 2 rings (SSSR count). The van der Waals surface area contributed by atoms with E-state index < -0.39 is 0 Å². The molecule has 0 bridgehead atoms. The Balaban J connectivity index is 2.04. The summed E-state index contributed by atoms with van der Waals surface area (Å²) < 4.78 is 0. The van der Waals surface area contributed by atoms with Crippen molar-refractivity contribution in [2.24, 2.45) is 5.92 Å². The van der Waals surface area contributed by atoms with E-state index in [9.17, 15) is 14.4 Å². The lowest BCUT2D eigenvalue weighted by Gasteiger charge is -2.24. The van der Waals surface area contributed by atoms with Crippen molar-refractivity contribution in [2.45, 2.75) is 46.6 Å². The van der Waals surface area contributed by atoms with Crippen LogP contribution in [0.1, 0.15) is 50.7 Å². The van der Waals surface area contributed by atoms with Gasteiger partial charge in [0.2, 0.25) is 11.8 Å². The molecule has 2 N–H and O–H groups in total. The number of rotatable bonds is 8. The smallest absolute Gasteiger partial charge is 0.255 e. The molecule has 2 aromatic rings. The Bertz CT molecular complexity index is 986. The normalized spacial score (nSPS) is 11.4. The van der Waals surface area contributed by atoms with Gasteiger partial charge in [-0.15, -0.1) is 11.3 Å². The maximum absolute atomic E-state index is 13.0. The zero-order valence-corrected chi connectivity index (χ0v) is 21.1. The molecule has 0 fully saturated rings. The molecule has 0 spiro atoms. The van der Waals surface area contributed by atoms with Gasteiger partial charge in [-0.1, -0.05) is 37.0 Å². The molecule has 1 aromatic heterocycles. The first kappa shape index (κ1) is 26.1. The van der Waals surface area contributed by atoms with Gasteiger partial charge < -0.3 is 15.5 Å². The van der Waals surface area contributed by atoms with Crippen LogP contribution in [-0.4, -0.2) is 46.2 Å². The first-order valence-electron chi connectivity index (χ1n) is 10.1. The molecule has 0 radical (unpaired) electrons. The summed E-state index contributed by atoms with van der Waals surface area (Å²) in [6, 6.07) is 4.63. The van der Waals surface area contributed by atoms with Crippen molar-refractivity contribution in [2.75, 3.05) is 18.4 Å². The highest BCUT2D eigenvalue weighted by Gasteiger charge is 2.23. The Morgan fingerprint density at radius 3 is 2.44 bits per heavy atom. The Morgan fingerprint density at radius 2 is 1.84 bits per heavy atom. The van der Waals surface area contributed by atoms with Crippen LogP contribution >= 0.6 is 34.5 Å². The Hall–Kier alpha value is -2.16. The summed E-state index contributed by atoms with van der Waals surface area (Å²) in [7, 11) is 0. The van der Waals surface area contributed by atoms with Gasteiger partial charge in [0.05, 0.1) is 22.7 Å². The van der Waals surface area contributed by atoms with Crippen LogP contribution in [0.3, 0.4) is 0 Å². The summed E-state index contributed by atoms with van der Waals surface area (Å²) in [4.78, 5) is 43.4. The van der Waals surface area contributed by atoms with Crippen molar-refractivity contribution in [1.29, 1.82) is 0 Å². The molecule has 1 heterocycles. The number of carbonyl (C=O) groups is 3. The minimum Gasteiger partial charge on any atom is -0.351 e. The zero-order valence-electron chi connectivity index (χ0n) is 18.8. The average Bonchev–Trinajstić information content (AvgIpc) is 3.05. The number of hydrogen-bond donors (Lipinski definition) is 2. The summed E-state index contributed by atoms with van der Waals surface area (Å²) in [5, 5.41) is 8.33. The second kappa shape index (κ2) is 11.1. The lowest BCUT2D eigenvalue weighted by molar-refractivity contribution is -0.122. The number of aromatic nitrogens is 1. The Labute approximate surface area is 202 Å². The van der Waals surface area contributed by atoms with Gasteiger partial charge in [-0.2, -0.15) is 0 Å². The second-order valence-corrected chi connectivity index (χ2v) is 10.6. The molecular formula is C22H28Cl2N4O3S. The van der Waals surface area contributed by atoms with Crippen molar-refractivity contribution in [3.8, 4) is 0 Å². The standard InChI is InChI=1S/C22H28Cl2N4O3S/c1-13(2)10-28(20(31)16-7-6-14(23)8-17(16)24)11-19(30)26-21-25-15(12-32-21)9-18(29)27-22(3,4)5/h6-8,12-13H,9-11H2,1-5H3,(H,27,29)(H,25,26,30). The van der Waals surface area contributed by atoms with Crippen LogP contribution < -0.4 is 10.6 Å². The monoisotopic (exact) mass is 498 g/mol. The van der Waals surface area contributed by atoms with Gasteiger partial charge in [-0.05, 0) is 44.9 Å². The molecule has 0 aliphatic carbocycles. The molecule has 1 aromatic carbocycles. The maximum atomic E-state index is 13.0. The fraction of sp³-hybridized carbons (Fsp3) is 0.455. The number of anilines is 1. The number of thiazole rings is 1. The molecule has 0 saturated heterocycles. The Morgan fingerprint density at radius 1 is 1.16 bits per heavy atom. The predicted octanol–water partition coefficient (Wildman–Crippen LogP) is 4.64. The summed E-state index contributed by atoms with van der Waals surface area (Å²) in [6.07, 6.45) is 0.122. The molecule has 0 aliphatic heterocycles. The van der Waals surface area contributed by atoms with E-state index in [0.717, 1.165) is 0 Å². The fourth-order valence-electron chi connectivity index (χ4n) is 2.90. The number of benzene rings is 1. The SMILES string of the molecule is CC(C)CN(CC(=O)Nc1nc(CC(=O)NC(C)(C)C)cs1)C(=O)c1ccc(Cl)cc1Cl. The summed E-state index contributed by atoms with van der Waals surface area (Å²) in [6.45, 7) is 9.84. The fourth-order valence-corrected chi connectivity index (χ4v) is 4.11. The molecule has 32 heavy (non-hydrogen) atoms. The van der Waals surface area contributed by atoms with E-state index in [1.54, 1.807) is 17.5 Å². The van der Waals surface area contributed by atoms with Crippen LogP contribution in [-0.2, 0) is 16.0 Å². The van der Waals surface area contributed by atoms with E-state index in [1.807, 2.05) is 34.6 Å². The highest BCUT2D eigenvalue weighted by molar-refractivity contribution is 7.13. The summed E-state index contributed by atoms with van der Waals surface area (Å²) in [5.41, 5.74) is 0.518. The van der Waals surface area contributed by atoms with Crippen LogP contribution in [0.4, 0.5) is 5.13 Å². The first-order chi connectivity index (χ1) is 14.8. The number of amides is 3. The van der Waals surface area contributed by atoms with Gasteiger partial charge in [-0.25, -0.2) is 4.98 Å².